The van der Waals surface area contributed by atoms with Crippen LogP contribution in [0.3, 0.4) is 0 Å². The van der Waals surface area contributed by atoms with E-state index >= 15 is 0 Å². The number of anilines is 1. The van der Waals surface area contributed by atoms with Gasteiger partial charge >= 0.3 is 0 Å². The molecule has 1 rings (SSSR count). The summed E-state index contributed by atoms with van der Waals surface area (Å²) in [5, 5.41) is 12.1. The summed E-state index contributed by atoms with van der Waals surface area (Å²) in [4.78, 5) is 14.0. The molecule has 0 radical (unpaired) electrons. The van der Waals surface area contributed by atoms with Crippen LogP contribution in [0.25, 0.3) is 0 Å². The number of carbonyl (C=O) groups is 1. The first-order chi connectivity index (χ1) is 8.41. The van der Waals surface area contributed by atoms with Crippen LogP contribution in [-0.2, 0) is 0 Å². The predicted molar refractivity (Wildman–Crippen MR) is 74.0 cm³/mol. The highest BCUT2D eigenvalue weighted by Gasteiger charge is 2.23. The highest BCUT2D eigenvalue weighted by Crippen LogP contribution is 2.14. The molecule has 0 aromatic heterocycles. The van der Waals surface area contributed by atoms with E-state index in [0.29, 0.717) is 12.0 Å². The fraction of sp³-hybridized carbons (Fsp3) is 0.500. The zero-order valence-corrected chi connectivity index (χ0v) is 11.5. The monoisotopic (exact) mass is 250 g/mol. The molecule has 100 valence electrons. The summed E-state index contributed by atoms with van der Waals surface area (Å²) in [6.45, 7) is 3.70. The van der Waals surface area contributed by atoms with Crippen molar-refractivity contribution in [1.29, 1.82) is 0 Å². The number of amides is 1. The summed E-state index contributed by atoms with van der Waals surface area (Å²) in [6.07, 6.45) is 0.686. The van der Waals surface area contributed by atoms with E-state index < -0.39 is 5.54 Å². The average Bonchev–Trinajstić information content (AvgIpc) is 2.38. The van der Waals surface area contributed by atoms with Crippen LogP contribution < -0.4 is 10.2 Å². The van der Waals surface area contributed by atoms with Gasteiger partial charge in [-0.3, -0.25) is 4.79 Å². The van der Waals surface area contributed by atoms with Gasteiger partial charge in [0.25, 0.3) is 5.91 Å². The van der Waals surface area contributed by atoms with Gasteiger partial charge in [0.15, 0.2) is 0 Å². The lowest BCUT2D eigenvalue weighted by atomic mass is 9.99. The van der Waals surface area contributed by atoms with Gasteiger partial charge in [0.05, 0.1) is 12.1 Å². The molecular formula is C14H22N2O2. The zero-order valence-electron chi connectivity index (χ0n) is 11.5. The van der Waals surface area contributed by atoms with Crippen LogP contribution in [0.5, 0.6) is 0 Å². The maximum atomic E-state index is 12.0. The Morgan fingerprint density at radius 2 is 1.89 bits per heavy atom. The molecule has 1 aromatic rings. The van der Waals surface area contributed by atoms with Crippen LogP contribution >= 0.6 is 0 Å². The lowest BCUT2D eigenvalue weighted by Gasteiger charge is -2.27. The molecule has 0 aliphatic rings. The van der Waals surface area contributed by atoms with Crippen molar-refractivity contribution in [2.75, 3.05) is 25.6 Å². The Kier molecular flexibility index (Phi) is 4.73. The number of aliphatic hydroxyl groups excluding tert-OH is 1. The van der Waals surface area contributed by atoms with Crippen molar-refractivity contribution in [2.45, 2.75) is 25.8 Å². The third kappa shape index (κ3) is 3.47. The summed E-state index contributed by atoms with van der Waals surface area (Å²) in [5.41, 5.74) is 1.10. The lowest BCUT2D eigenvalue weighted by molar-refractivity contribution is 0.0847. The molecule has 0 fully saturated rings. The minimum Gasteiger partial charge on any atom is -0.394 e. The SMILES string of the molecule is CCC(C)(CO)NC(=O)c1ccc(N(C)C)cc1. The van der Waals surface area contributed by atoms with Gasteiger partial charge in [0.2, 0.25) is 0 Å². The van der Waals surface area contributed by atoms with Crippen molar-refractivity contribution in [3.05, 3.63) is 29.8 Å². The third-order valence-corrected chi connectivity index (χ3v) is 3.19. The van der Waals surface area contributed by atoms with Gasteiger partial charge in [-0.25, -0.2) is 0 Å². The molecule has 0 aliphatic heterocycles. The first-order valence-electron chi connectivity index (χ1n) is 6.12. The summed E-state index contributed by atoms with van der Waals surface area (Å²) < 4.78 is 0. The van der Waals surface area contributed by atoms with Gasteiger partial charge in [-0.1, -0.05) is 6.92 Å². The van der Waals surface area contributed by atoms with Crippen molar-refractivity contribution in [3.63, 3.8) is 0 Å². The molecule has 0 heterocycles. The molecule has 2 N–H and O–H groups in total. The van der Waals surface area contributed by atoms with E-state index in [-0.39, 0.29) is 12.5 Å². The molecule has 4 heteroatoms. The standard InChI is InChI=1S/C14H22N2O2/c1-5-14(2,10-17)15-13(18)11-6-8-12(9-7-11)16(3)4/h6-9,17H,5,10H2,1-4H3,(H,15,18). The van der Waals surface area contributed by atoms with E-state index in [1.54, 1.807) is 12.1 Å². The van der Waals surface area contributed by atoms with Crippen molar-refractivity contribution in [3.8, 4) is 0 Å². The van der Waals surface area contributed by atoms with Crippen LogP contribution in [-0.4, -0.2) is 37.3 Å². The molecule has 0 saturated heterocycles. The number of rotatable bonds is 5. The Morgan fingerprint density at radius 3 is 2.28 bits per heavy atom. The molecule has 1 atom stereocenters. The maximum Gasteiger partial charge on any atom is 0.251 e. The van der Waals surface area contributed by atoms with E-state index in [4.69, 9.17) is 0 Å². The Hall–Kier alpha value is -1.55. The molecule has 4 nitrogen and oxygen atoms in total. The topological polar surface area (TPSA) is 52.6 Å². The number of hydrogen-bond donors (Lipinski definition) is 2. The van der Waals surface area contributed by atoms with Gasteiger partial charge in [0.1, 0.15) is 0 Å². The zero-order chi connectivity index (χ0) is 13.8. The van der Waals surface area contributed by atoms with Crippen molar-refractivity contribution in [1.82, 2.24) is 5.32 Å². The fourth-order valence-corrected chi connectivity index (χ4v) is 1.50. The number of hydrogen-bond acceptors (Lipinski definition) is 3. The predicted octanol–water partition coefficient (Wildman–Crippen LogP) is 1.64. The molecule has 18 heavy (non-hydrogen) atoms. The summed E-state index contributed by atoms with van der Waals surface area (Å²) in [7, 11) is 3.91. The Morgan fingerprint density at radius 1 is 1.33 bits per heavy atom. The van der Waals surface area contributed by atoms with E-state index in [9.17, 15) is 9.90 Å². The summed E-state index contributed by atoms with van der Waals surface area (Å²) >= 11 is 0. The first-order valence-corrected chi connectivity index (χ1v) is 6.12. The molecule has 1 amide bonds. The van der Waals surface area contributed by atoms with Crippen LogP contribution in [0.4, 0.5) is 5.69 Å². The molecule has 0 saturated carbocycles. The van der Waals surface area contributed by atoms with Gasteiger partial charge in [0, 0.05) is 25.3 Å². The molecule has 1 aromatic carbocycles. The van der Waals surface area contributed by atoms with Crippen LogP contribution in [0.2, 0.25) is 0 Å². The van der Waals surface area contributed by atoms with Gasteiger partial charge in [-0.05, 0) is 37.6 Å². The van der Waals surface area contributed by atoms with E-state index in [2.05, 4.69) is 5.32 Å². The molecule has 0 bridgehead atoms. The Bertz CT molecular complexity index is 395. The second-order valence-corrected chi connectivity index (χ2v) is 4.97. The molecule has 0 aliphatic carbocycles. The second kappa shape index (κ2) is 5.87. The minimum absolute atomic E-state index is 0.0645. The van der Waals surface area contributed by atoms with Gasteiger partial charge in [-0.2, -0.15) is 0 Å². The molecular weight excluding hydrogens is 228 g/mol. The fourth-order valence-electron chi connectivity index (χ4n) is 1.50. The number of carbonyl (C=O) groups excluding carboxylic acids is 1. The molecule has 1 unspecified atom stereocenters. The Balaban J connectivity index is 2.79. The minimum atomic E-state index is -0.558. The number of nitrogens with zero attached hydrogens (tertiary/aromatic N) is 1. The van der Waals surface area contributed by atoms with Gasteiger partial charge in [-0.15, -0.1) is 0 Å². The smallest absolute Gasteiger partial charge is 0.251 e. The van der Waals surface area contributed by atoms with E-state index in [0.717, 1.165) is 5.69 Å². The average molecular weight is 250 g/mol. The highest BCUT2D eigenvalue weighted by atomic mass is 16.3. The number of nitrogens with one attached hydrogen (secondary N) is 1. The lowest BCUT2D eigenvalue weighted by Crippen LogP contribution is -2.48. The summed E-state index contributed by atoms with van der Waals surface area (Å²) in [6, 6.07) is 7.38. The van der Waals surface area contributed by atoms with E-state index in [1.165, 1.54) is 0 Å². The first kappa shape index (κ1) is 14.5. The van der Waals surface area contributed by atoms with Crippen LogP contribution in [0.1, 0.15) is 30.6 Å². The van der Waals surface area contributed by atoms with Crippen LogP contribution in [0, 0.1) is 0 Å². The summed E-state index contributed by atoms with van der Waals surface area (Å²) in [5.74, 6) is -0.154. The maximum absolute atomic E-state index is 12.0. The van der Waals surface area contributed by atoms with Crippen molar-refractivity contribution < 1.29 is 9.90 Å². The molecule has 0 spiro atoms. The van der Waals surface area contributed by atoms with Gasteiger partial charge < -0.3 is 15.3 Å². The van der Waals surface area contributed by atoms with Crippen molar-refractivity contribution in [2.24, 2.45) is 0 Å². The highest BCUT2D eigenvalue weighted by molar-refractivity contribution is 5.95. The van der Waals surface area contributed by atoms with E-state index in [1.807, 2.05) is 45.0 Å². The normalized spacial score (nSPS) is 13.8. The second-order valence-electron chi connectivity index (χ2n) is 4.97. The number of benzene rings is 1. The Labute approximate surface area is 109 Å². The third-order valence-electron chi connectivity index (χ3n) is 3.19. The largest absolute Gasteiger partial charge is 0.394 e. The van der Waals surface area contributed by atoms with Crippen molar-refractivity contribution >= 4 is 11.6 Å². The quantitative estimate of drug-likeness (QED) is 0.835. The van der Waals surface area contributed by atoms with Crippen LogP contribution in [0.15, 0.2) is 24.3 Å². The number of aliphatic hydroxyl groups is 1.